The maximum atomic E-state index is 14.5. The molecule has 0 saturated heterocycles. The van der Waals surface area contributed by atoms with Crippen LogP contribution in [0.5, 0.6) is 5.75 Å². The molecular formula is C36H40BrN3O5S. The Kier molecular flexibility index (Phi) is 11.6. The van der Waals surface area contributed by atoms with E-state index in [-0.39, 0.29) is 23.8 Å². The Labute approximate surface area is 280 Å². The molecule has 0 aliphatic rings. The number of carbonyl (C=O) groups is 2. The molecule has 0 heterocycles. The Morgan fingerprint density at radius 2 is 1.41 bits per heavy atom. The Morgan fingerprint density at radius 1 is 0.826 bits per heavy atom. The number of amides is 2. The van der Waals surface area contributed by atoms with Crippen LogP contribution in [0.4, 0.5) is 5.69 Å². The van der Waals surface area contributed by atoms with Gasteiger partial charge in [0.15, 0.2) is 0 Å². The SMILES string of the molecule is CCOc1ccc(S(=O)(=O)N(CC(=O)N(Cc2ccc(Br)cc2)[C@@H](Cc2ccccc2)C(=O)NC(C)(C)C)c2ccccc2)cc1. The summed E-state index contributed by atoms with van der Waals surface area (Å²) in [4.78, 5) is 30.0. The average molecular weight is 707 g/mol. The summed E-state index contributed by atoms with van der Waals surface area (Å²) in [6.07, 6.45) is 0.238. The van der Waals surface area contributed by atoms with Crippen LogP contribution >= 0.6 is 15.9 Å². The van der Waals surface area contributed by atoms with E-state index in [2.05, 4.69) is 21.2 Å². The molecule has 10 heteroatoms. The van der Waals surface area contributed by atoms with Gasteiger partial charge in [-0.3, -0.25) is 13.9 Å². The molecule has 0 bridgehead atoms. The fraction of sp³-hybridized carbons (Fsp3) is 0.278. The highest BCUT2D eigenvalue weighted by Crippen LogP contribution is 2.26. The van der Waals surface area contributed by atoms with Crippen LogP contribution in [0.2, 0.25) is 0 Å². The number of ether oxygens (including phenoxy) is 1. The van der Waals surface area contributed by atoms with Gasteiger partial charge in [0, 0.05) is 23.0 Å². The molecule has 4 rings (SSSR count). The number of benzene rings is 4. The van der Waals surface area contributed by atoms with Crippen LogP contribution in [0.25, 0.3) is 0 Å². The van der Waals surface area contributed by atoms with Crippen LogP contribution in [-0.4, -0.2) is 49.9 Å². The summed E-state index contributed by atoms with van der Waals surface area (Å²) in [7, 11) is -4.20. The third-order valence-electron chi connectivity index (χ3n) is 7.08. The number of sulfonamides is 1. The molecule has 0 saturated carbocycles. The summed E-state index contributed by atoms with van der Waals surface area (Å²) < 4.78 is 35.8. The molecule has 0 fully saturated rings. The topological polar surface area (TPSA) is 96.0 Å². The van der Waals surface area contributed by atoms with E-state index >= 15 is 0 Å². The van der Waals surface area contributed by atoms with Gasteiger partial charge in [-0.05, 0) is 87.4 Å². The minimum atomic E-state index is -4.20. The van der Waals surface area contributed by atoms with E-state index < -0.39 is 34.1 Å². The monoisotopic (exact) mass is 705 g/mol. The molecule has 8 nitrogen and oxygen atoms in total. The third kappa shape index (κ3) is 9.43. The first-order chi connectivity index (χ1) is 21.9. The van der Waals surface area contributed by atoms with Crippen molar-refractivity contribution in [1.82, 2.24) is 10.2 Å². The van der Waals surface area contributed by atoms with Gasteiger partial charge in [0.25, 0.3) is 10.0 Å². The quantitative estimate of drug-likeness (QED) is 0.169. The van der Waals surface area contributed by atoms with Gasteiger partial charge in [-0.2, -0.15) is 0 Å². The number of hydrogen-bond acceptors (Lipinski definition) is 5. The number of carbonyl (C=O) groups excluding carboxylic acids is 2. The van der Waals surface area contributed by atoms with E-state index in [1.165, 1.54) is 17.0 Å². The maximum absolute atomic E-state index is 14.5. The van der Waals surface area contributed by atoms with Crippen molar-refractivity contribution in [3.63, 3.8) is 0 Å². The number of nitrogens with one attached hydrogen (secondary N) is 1. The largest absolute Gasteiger partial charge is 0.494 e. The Hall–Kier alpha value is -4.15. The van der Waals surface area contributed by atoms with Crippen LogP contribution in [0.3, 0.4) is 0 Å². The number of hydrogen-bond donors (Lipinski definition) is 1. The van der Waals surface area contributed by atoms with Gasteiger partial charge >= 0.3 is 0 Å². The number of nitrogens with zero attached hydrogens (tertiary/aromatic N) is 2. The molecule has 0 aliphatic carbocycles. The summed E-state index contributed by atoms with van der Waals surface area (Å²) in [6.45, 7) is 7.50. The summed E-state index contributed by atoms with van der Waals surface area (Å²) in [5.41, 5.74) is 1.42. The van der Waals surface area contributed by atoms with E-state index in [0.29, 0.717) is 18.0 Å². The fourth-order valence-corrected chi connectivity index (χ4v) is 6.60. The zero-order valence-electron chi connectivity index (χ0n) is 26.5. The van der Waals surface area contributed by atoms with Crippen LogP contribution in [0, 0.1) is 0 Å². The molecule has 46 heavy (non-hydrogen) atoms. The summed E-state index contributed by atoms with van der Waals surface area (Å²) in [5, 5.41) is 3.04. The van der Waals surface area contributed by atoms with Gasteiger partial charge in [-0.25, -0.2) is 8.42 Å². The number of rotatable bonds is 13. The standard InChI is InChI=1S/C36H40BrN3O5S/c1-5-45-31-20-22-32(23-21-31)46(43,44)40(30-14-10-7-11-15-30)26-34(41)39(25-28-16-18-29(37)19-17-28)33(35(42)38-36(2,3)4)24-27-12-8-6-9-13-27/h6-23,33H,5,24-26H2,1-4H3,(H,38,42)/t33-/m0/s1. The highest BCUT2D eigenvalue weighted by molar-refractivity contribution is 9.10. The van der Waals surface area contributed by atoms with Crippen LogP contribution in [-0.2, 0) is 32.6 Å². The summed E-state index contributed by atoms with van der Waals surface area (Å²) in [5.74, 6) is -0.313. The second-order valence-corrected chi connectivity index (χ2v) is 14.6. The smallest absolute Gasteiger partial charge is 0.264 e. The Balaban J connectivity index is 1.78. The lowest BCUT2D eigenvalue weighted by Crippen LogP contribution is -2.56. The normalized spacial score (nSPS) is 12.2. The number of anilines is 1. The lowest BCUT2D eigenvalue weighted by Gasteiger charge is -2.35. The molecule has 4 aromatic rings. The molecule has 1 N–H and O–H groups in total. The molecule has 1 atom stereocenters. The molecule has 0 aromatic heterocycles. The Morgan fingerprint density at radius 3 is 1.98 bits per heavy atom. The van der Waals surface area contributed by atoms with Crippen molar-refractivity contribution in [3.8, 4) is 5.75 Å². The lowest BCUT2D eigenvalue weighted by atomic mass is 10.0. The average Bonchev–Trinajstić information content (AvgIpc) is 3.03. The highest BCUT2D eigenvalue weighted by Gasteiger charge is 2.35. The first-order valence-electron chi connectivity index (χ1n) is 15.1. The summed E-state index contributed by atoms with van der Waals surface area (Å²) in [6, 6.07) is 30.6. The molecule has 242 valence electrons. The minimum absolute atomic E-state index is 0.0124. The zero-order chi connectivity index (χ0) is 33.3. The first kappa shape index (κ1) is 34.7. The van der Waals surface area contributed by atoms with Crippen molar-refractivity contribution < 1.29 is 22.7 Å². The second-order valence-electron chi connectivity index (χ2n) is 11.8. The van der Waals surface area contributed by atoms with Gasteiger partial charge in [0.05, 0.1) is 17.2 Å². The Bertz CT molecular complexity index is 1690. The van der Waals surface area contributed by atoms with E-state index in [0.717, 1.165) is 19.9 Å². The van der Waals surface area contributed by atoms with Crippen molar-refractivity contribution in [2.45, 2.75) is 57.1 Å². The van der Waals surface area contributed by atoms with Crippen LogP contribution < -0.4 is 14.4 Å². The molecule has 4 aromatic carbocycles. The molecule has 0 spiro atoms. The van der Waals surface area contributed by atoms with Crippen molar-refractivity contribution in [2.24, 2.45) is 0 Å². The zero-order valence-corrected chi connectivity index (χ0v) is 28.9. The molecule has 0 radical (unpaired) electrons. The highest BCUT2D eigenvalue weighted by atomic mass is 79.9. The van der Waals surface area contributed by atoms with E-state index in [9.17, 15) is 18.0 Å². The number of para-hydroxylation sites is 1. The van der Waals surface area contributed by atoms with Crippen molar-refractivity contribution >= 4 is 43.5 Å². The molecule has 2 amide bonds. The summed E-state index contributed by atoms with van der Waals surface area (Å²) >= 11 is 3.46. The predicted octanol–water partition coefficient (Wildman–Crippen LogP) is 6.60. The first-order valence-corrected chi connectivity index (χ1v) is 17.3. The third-order valence-corrected chi connectivity index (χ3v) is 9.40. The van der Waals surface area contributed by atoms with Crippen molar-refractivity contribution in [1.29, 1.82) is 0 Å². The van der Waals surface area contributed by atoms with Gasteiger partial charge in [-0.15, -0.1) is 0 Å². The molecule has 0 aliphatic heterocycles. The molecule has 0 unspecified atom stereocenters. The maximum Gasteiger partial charge on any atom is 0.264 e. The molecular weight excluding hydrogens is 666 g/mol. The number of halogens is 1. The van der Waals surface area contributed by atoms with Crippen LogP contribution in [0.1, 0.15) is 38.8 Å². The van der Waals surface area contributed by atoms with Gasteiger partial charge in [0.1, 0.15) is 18.3 Å². The van der Waals surface area contributed by atoms with Gasteiger partial charge < -0.3 is 15.0 Å². The fourth-order valence-electron chi connectivity index (χ4n) is 4.92. The van der Waals surface area contributed by atoms with Gasteiger partial charge in [0.2, 0.25) is 11.8 Å². The lowest BCUT2D eigenvalue weighted by molar-refractivity contribution is -0.140. The second kappa shape index (κ2) is 15.4. The van der Waals surface area contributed by atoms with Crippen LogP contribution in [0.15, 0.2) is 119 Å². The van der Waals surface area contributed by atoms with E-state index in [1.54, 1.807) is 42.5 Å². The predicted molar refractivity (Wildman–Crippen MR) is 185 cm³/mol. The van der Waals surface area contributed by atoms with E-state index in [4.69, 9.17) is 4.74 Å². The minimum Gasteiger partial charge on any atom is -0.494 e. The van der Waals surface area contributed by atoms with E-state index in [1.807, 2.05) is 82.3 Å². The van der Waals surface area contributed by atoms with Crippen molar-refractivity contribution in [2.75, 3.05) is 17.5 Å². The van der Waals surface area contributed by atoms with Crippen molar-refractivity contribution in [3.05, 3.63) is 125 Å². The van der Waals surface area contributed by atoms with Gasteiger partial charge in [-0.1, -0.05) is 76.6 Å².